The topological polar surface area (TPSA) is 60.7 Å². The zero-order chi connectivity index (χ0) is 27.9. The van der Waals surface area contributed by atoms with Crippen molar-refractivity contribution in [3.05, 3.63) is 59.3 Å². The molecular formula is C35H56O3. The van der Waals surface area contributed by atoms with Gasteiger partial charge in [0.1, 0.15) is 0 Å². The predicted molar refractivity (Wildman–Crippen MR) is 161 cm³/mol. The van der Waals surface area contributed by atoms with Crippen LogP contribution in [-0.4, -0.2) is 33.1 Å². The van der Waals surface area contributed by atoms with Gasteiger partial charge in [0.2, 0.25) is 0 Å². The lowest BCUT2D eigenvalue weighted by Gasteiger charge is -2.44. The second kappa shape index (κ2) is 13.8. The Kier molecular flexibility index (Phi) is 11.3. The molecule has 3 rings (SSSR count). The molecule has 0 radical (unpaired) electrons. The minimum Gasteiger partial charge on any atom is -0.393 e. The summed E-state index contributed by atoms with van der Waals surface area (Å²) in [4.78, 5) is 0. The van der Waals surface area contributed by atoms with Gasteiger partial charge < -0.3 is 15.3 Å². The molecule has 0 aliphatic heterocycles. The SMILES string of the molecule is C=C1/C(=C\C=C2/CCC[C@]3(C)[C@@H]([C@H](C)/C=C/C(C)=C/C(O)(CCCC)CCCC)CC[C@@H]23)C[C@@H](O)C[C@@H]1O. The lowest BCUT2D eigenvalue weighted by Crippen LogP contribution is -2.35. The second-order valence-corrected chi connectivity index (χ2v) is 13.1. The van der Waals surface area contributed by atoms with Crippen LogP contribution < -0.4 is 0 Å². The molecule has 38 heavy (non-hydrogen) atoms. The molecule has 6 atom stereocenters. The molecule has 3 fully saturated rings. The Labute approximate surface area is 233 Å². The van der Waals surface area contributed by atoms with E-state index in [1.165, 1.54) is 31.3 Å². The Bertz CT molecular complexity index is 913. The summed E-state index contributed by atoms with van der Waals surface area (Å²) < 4.78 is 0. The molecule has 3 aliphatic rings. The largest absolute Gasteiger partial charge is 0.393 e. The highest BCUT2D eigenvalue weighted by molar-refractivity contribution is 5.38. The van der Waals surface area contributed by atoms with Gasteiger partial charge in [0.25, 0.3) is 0 Å². The van der Waals surface area contributed by atoms with E-state index in [0.29, 0.717) is 36.0 Å². The first-order chi connectivity index (χ1) is 18.0. The van der Waals surface area contributed by atoms with E-state index < -0.39 is 17.8 Å². The quantitative estimate of drug-likeness (QED) is 0.238. The van der Waals surface area contributed by atoms with E-state index >= 15 is 0 Å². The smallest absolute Gasteiger partial charge is 0.0833 e. The minimum absolute atomic E-state index is 0.301. The van der Waals surface area contributed by atoms with E-state index in [2.05, 4.69) is 71.6 Å². The first kappa shape index (κ1) is 31.1. The third-order valence-corrected chi connectivity index (χ3v) is 10.0. The fourth-order valence-electron chi connectivity index (χ4n) is 7.75. The summed E-state index contributed by atoms with van der Waals surface area (Å²) in [6, 6.07) is 0. The summed E-state index contributed by atoms with van der Waals surface area (Å²) in [5.74, 6) is 1.75. The molecule has 3 aliphatic carbocycles. The van der Waals surface area contributed by atoms with Crippen LogP contribution in [0.4, 0.5) is 0 Å². The Balaban J connectivity index is 1.72. The number of allylic oxidation sites excluding steroid dienone is 6. The Morgan fingerprint density at radius 3 is 2.47 bits per heavy atom. The fourth-order valence-corrected chi connectivity index (χ4v) is 7.75. The second-order valence-electron chi connectivity index (χ2n) is 13.1. The predicted octanol–water partition coefficient (Wildman–Crippen LogP) is 8.38. The van der Waals surface area contributed by atoms with Crippen molar-refractivity contribution in [3.8, 4) is 0 Å². The van der Waals surface area contributed by atoms with Crippen LogP contribution in [0.1, 0.15) is 118 Å². The van der Waals surface area contributed by atoms with Crippen LogP contribution in [0.3, 0.4) is 0 Å². The van der Waals surface area contributed by atoms with Gasteiger partial charge in [-0.1, -0.05) is 101 Å². The first-order valence-corrected chi connectivity index (χ1v) is 15.6. The minimum atomic E-state index is -0.679. The van der Waals surface area contributed by atoms with Gasteiger partial charge in [-0.2, -0.15) is 0 Å². The monoisotopic (exact) mass is 524 g/mol. The Hall–Kier alpha value is -1.42. The molecular weight excluding hydrogens is 468 g/mol. The lowest BCUT2D eigenvalue weighted by molar-refractivity contribution is 0.0668. The number of rotatable bonds is 11. The van der Waals surface area contributed by atoms with Crippen LogP contribution in [0, 0.1) is 23.2 Å². The van der Waals surface area contributed by atoms with Crippen molar-refractivity contribution in [1.82, 2.24) is 0 Å². The molecule has 0 spiro atoms. The molecule has 0 aromatic rings. The van der Waals surface area contributed by atoms with E-state index in [1.807, 2.05) is 0 Å². The van der Waals surface area contributed by atoms with Crippen molar-refractivity contribution in [3.63, 3.8) is 0 Å². The van der Waals surface area contributed by atoms with Crippen molar-refractivity contribution in [2.24, 2.45) is 23.2 Å². The van der Waals surface area contributed by atoms with Crippen LogP contribution in [-0.2, 0) is 0 Å². The molecule has 0 bridgehead atoms. The number of hydrogen-bond acceptors (Lipinski definition) is 3. The molecule has 0 aromatic heterocycles. The Morgan fingerprint density at radius 1 is 1.13 bits per heavy atom. The summed E-state index contributed by atoms with van der Waals surface area (Å²) in [5, 5.41) is 31.6. The summed E-state index contributed by atoms with van der Waals surface area (Å²) in [7, 11) is 0. The molecule has 3 heteroatoms. The van der Waals surface area contributed by atoms with Crippen molar-refractivity contribution in [1.29, 1.82) is 0 Å². The van der Waals surface area contributed by atoms with Gasteiger partial charge in [-0.3, -0.25) is 0 Å². The third kappa shape index (κ3) is 7.61. The van der Waals surface area contributed by atoms with E-state index in [0.717, 1.165) is 56.1 Å². The standard InChI is InChI=1S/C35H56O3/c1-7-9-20-35(38,21-10-8-2)24-25(3)13-14-26(4)31-17-18-32-28(12-11-19-34(31,32)6)15-16-29-22-30(36)23-33(37)27(29)5/h13-16,24,26,30-33,36-38H,5,7-12,17-23H2,1-4,6H3/b14-13+,25-24+,28-15+,29-16-/t26-,30-,31-,32+,33+,34-/m1/s1. The number of fused-ring (bicyclic) bond motifs is 1. The van der Waals surface area contributed by atoms with Crippen LogP contribution in [0.2, 0.25) is 0 Å². The van der Waals surface area contributed by atoms with Crippen molar-refractivity contribution in [2.75, 3.05) is 0 Å². The van der Waals surface area contributed by atoms with E-state index in [1.54, 1.807) is 5.57 Å². The van der Waals surface area contributed by atoms with Crippen LogP contribution in [0.15, 0.2) is 59.3 Å². The maximum Gasteiger partial charge on any atom is 0.0833 e. The molecule has 0 saturated heterocycles. The molecule has 214 valence electrons. The van der Waals surface area contributed by atoms with Gasteiger partial charge >= 0.3 is 0 Å². The van der Waals surface area contributed by atoms with Gasteiger partial charge in [-0.05, 0) is 92.6 Å². The van der Waals surface area contributed by atoms with Gasteiger partial charge in [-0.15, -0.1) is 0 Å². The van der Waals surface area contributed by atoms with Crippen molar-refractivity contribution < 1.29 is 15.3 Å². The lowest BCUT2D eigenvalue weighted by atomic mass is 9.61. The first-order valence-electron chi connectivity index (χ1n) is 15.6. The van der Waals surface area contributed by atoms with Crippen LogP contribution >= 0.6 is 0 Å². The van der Waals surface area contributed by atoms with Crippen molar-refractivity contribution in [2.45, 2.75) is 136 Å². The summed E-state index contributed by atoms with van der Waals surface area (Å²) >= 11 is 0. The third-order valence-electron chi connectivity index (χ3n) is 10.0. The fraction of sp³-hybridized carbons (Fsp3) is 0.714. The highest BCUT2D eigenvalue weighted by Crippen LogP contribution is 2.59. The molecule has 3 nitrogen and oxygen atoms in total. The molecule has 3 N–H and O–H groups in total. The normalized spacial score (nSPS) is 33.9. The summed E-state index contributed by atoms with van der Waals surface area (Å²) in [5.41, 5.74) is 4.12. The van der Waals surface area contributed by atoms with Gasteiger partial charge in [0.15, 0.2) is 0 Å². The highest BCUT2D eigenvalue weighted by Gasteiger charge is 2.50. The van der Waals surface area contributed by atoms with Gasteiger partial charge in [-0.25, -0.2) is 0 Å². The highest BCUT2D eigenvalue weighted by atomic mass is 16.3. The Morgan fingerprint density at radius 2 is 1.82 bits per heavy atom. The van der Waals surface area contributed by atoms with Gasteiger partial charge in [0.05, 0.1) is 17.8 Å². The maximum atomic E-state index is 11.3. The number of aliphatic hydroxyl groups excluding tert-OH is 2. The summed E-state index contributed by atoms with van der Waals surface area (Å²) in [6.45, 7) is 15.5. The molecule has 0 unspecified atom stereocenters. The molecule has 0 amide bonds. The van der Waals surface area contributed by atoms with E-state index in [4.69, 9.17) is 0 Å². The molecule has 0 heterocycles. The van der Waals surface area contributed by atoms with Crippen LogP contribution in [0.25, 0.3) is 0 Å². The number of unbranched alkanes of at least 4 members (excludes halogenated alkanes) is 2. The summed E-state index contributed by atoms with van der Waals surface area (Å²) in [6.07, 6.45) is 23.3. The van der Waals surface area contributed by atoms with Crippen molar-refractivity contribution >= 4 is 0 Å². The average Bonchev–Trinajstić information content (AvgIpc) is 3.23. The van der Waals surface area contributed by atoms with Gasteiger partial charge in [0, 0.05) is 6.42 Å². The maximum absolute atomic E-state index is 11.3. The molecule has 0 aromatic carbocycles. The van der Waals surface area contributed by atoms with E-state index in [-0.39, 0.29) is 0 Å². The number of hydrogen-bond donors (Lipinski definition) is 3. The zero-order valence-electron chi connectivity index (χ0n) is 25.0. The molecule has 3 saturated carbocycles. The average molecular weight is 525 g/mol. The number of aliphatic hydroxyl groups is 3. The van der Waals surface area contributed by atoms with Crippen LogP contribution in [0.5, 0.6) is 0 Å². The zero-order valence-corrected chi connectivity index (χ0v) is 25.0. The van der Waals surface area contributed by atoms with E-state index in [9.17, 15) is 15.3 Å².